The van der Waals surface area contributed by atoms with Crippen LogP contribution in [0.5, 0.6) is 0 Å². The highest BCUT2D eigenvalue weighted by atomic mass is 32.2. The maximum Gasteiger partial charge on any atom is 0.115 e. The molecule has 2 heterocycles. The summed E-state index contributed by atoms with van der Waals surface area (Å²) < 4.78 is 0. The number of anilines is 1. The number of aromatic nitrogens is 2. The fraction of sp³-hybridized carbons (Fsp3) is 0.600. The molecule has 1 aliphatic rings. The van der Waals surface area contributed by atoms with Gasteiger partial charge in [0.25, 0.3) is 0 Å². The smallest absolute Gasteiger partial charge is 0.115 e. The van der Waals surface area contributed by atoms with Crippen molar-refractivity contribution >= 4 is 17.4 Å². The van der Waals surface area contributed by atoms with Crippen molar-refractivity contribution < 1.29 is 0 Å². The quantitative estimate of drug-likeness (QED) is 0.810. The van der Waals surface area contributed by atoms with Gasteiger partial charge in [0.2, 0.25) is 0 Å². The lowest BCUT2D eigenvalue weighted by atomic mass is 10.1. The van der Waals surface area contributed by atoms with Crippen LogP contribution in [0.1, 0.15) is 19.8 Å². The second-order valence-corrected chi connectivity index (χ2v) is 5.08. The highest BCUT2D eigenvalue weighted by molar-refractivity contribution is 7.99. The molecule has 0 amide bonds. The van der Waals surface area contributed by atoms with Crippen LogP contribution >= 0.6 is 11.8 Å². The molecule has 2 atom stereocenters. The molecule has 1 aromatic rings. The molecule has 1 saturated heterocycles. The molecule has 2 unspecified atom stereocenters. The molecule has 0 bridgehead atoms. The van der Waals surface area contributed by atoms with Crippen LogP contribution in [0.15, 0.2) is 18.7 Å². The van der Waals surface area contributed by atoms with Crippen LogP contribution < -0.4 is 5.32 Å². The fourth-order valence-electron chi connectivity index (χ4n) is 1.70. The van der Waals surface area contributed by atoms with E-state index >= 15 is 0 Å². The van der Waals surface area contributed by atoms with E-state index in [1.165, 1.54) is 18.6 Å². The van der Waals surface area contributed by atoms with E-state index in [1.807, 2.05) is 24.2 Å². The minimum Gasteiger partial charge on any atom is -0.379 e. The second-order valence-electron chi connectivity index (χ2n) is 3.60. The number of nitrogens with zero attached hydrogens (tertiary/aromatic N) is 2. The monoisotopic (exact) mass is 209 g/mol. The normalized spacial score (nSPS) is 27.2. The van der Waals surface area contributed by atoms with Crippen molar-refractivity contribution in [3.8, 4) is 0 Å². The Hall–Kier alpha value is -0.770. The number of hydrogen-bond donors (Lipinski definition) is 1. The first-order valence-electron chi connectivity index (χ1n) is 4.99. The predicted octanol–water partition coefficient (Wildman–Crippen LogP) is 2.17. The van der Waals surface area contributed by atoms with E-state index in [-0.39, 0.29) is 0 Å². The zero-order valence-electron chi connectivity index (χ0n) is 8.31. The molecule has 14 heavy (non-hydrogen) atoms. The predicted molar refractivity (Wildman–Crippen MR) is 60.6 cm³/mol. The maximum atomic E-state index is 3.99. The molecule has 1 aromatic heterocycles. The van der Waals surface area contributed by atoms with Crippen LogP contribution in [-0.4, -0.2) is 27.0 Å². The SMILES string of the molecule is CC1SCCCC1Nc1cncnc1. The Balaban J connectivity index is 1.96. The van der Waals surface area contributed by atoms with Gasteiger partial charge in [0.15, 0.2) is 0 Å². The molecule has 1 aliphatic heterocycles. The Bertz CT molecular complexity index is 278. The largest absolute Gasteiger partial charge is 0.379 e. The second kappa shape index (κ2) is 4.64. The maximum absolute atomic E-state index is 3.99. The van der Waals surface area contributed by atoms with Crippen molar-refractivity contribution in [2.75, 3.05) is 11.1 Å². The van der Waals surface area contributed by atoms with E-state index in [9.17, 15) is 0 Å². The van der Waals surface area contributed by atoms with Crippen molar-refractivity contribution in [3.63, 3.8) is 0 Å². The molecule has 0 spiro atoms. The van der Waals surface area contributed by atoms with Gasteiger partial charge >= 0.3 is 0 Å². The summed E-state index contributed by atoms with van der Waals surface area (Å²) in [5, 5.41) is 4.17. The summed E-state index contributed by atoms with van der Waals surface area (Å²) >= 11 is 2.04. The van der Waals surface area contributed by atoms with Crippen LogP contribution in [0.25, 0.3) is 0 Å². The van der Waals surface area contributed by atoms with E-state index < -0.39 is 0 Å². The van der Waals surface area contributed by atoms with Crippen LogP contribution in [0.3, 0.4) is 0 Å². The van der Waals surface area contributed by atoms with Gasteiger partial charge in [-0.25, -0.2) is 9.97 Å². The molecule has 0 aromatic carbocycles. The molecule has 76 valence electrons. The molecule has 1 N–H and O–H groups in total. The molecular weight excluding hydrogens is 194 g/mol. The zero-order chi connectivity index (χ0) is 9.80. The Morgan fingerprint density at radius 1 is 1.43 bits per heavy atom. The Labute approximate surface area is 88.7 Å². The van der Waals surface area contributed by atoms with Gasteiger partial charge in [0, 0.05) is 11.3 Å². The van der Waals surface area contributed by atoms with Crippen LogP contribution in [0.4, 0.5) is 5.69 Å². The summed E-state index contributed by atoms with van der Waals surface area (Å²) in [6.45, 7) is 2.28. The average Bonchev–Trinajstić information content (AvgIpc) is 2.23. The number of nitrogens with one attached hydrogen (secondary N) is 1. The zero-order valence-corrected chi connectivity index (χ0v) is 9.13. The van der Waals surface area contributed by atoms with Gasteiger partial charge in [-0.15, -0.1) is 0 Å². The molecule has 0 radical (unpaired) electrons. The van der Waals surface area contributed by atoms with Crippen molar-refractivity contribution in [3.05, 3.63) is 18.7 Å². The van der Waals surface area contributed by atoms with E-state index in [4.69, 9.17) is 0 Å². The summed E-state index contributed by atoms with van der Waals surface area (Å²) in [6.07, 6.45) is 7.78. The summed E-state index contributed by atoms with van der Waals surface area (Å²) in [5.41, 5.74) is 1.03. The highest BCUT2D eigenvalue weighted by Gasteiger charge is 2.21. The van der Waals surface area contributed by atoms with Crippen molar-refractivity contribution in [1.82, 2.24) is 9.97 Å². The topological polar surface area (TPSA) is 37.8 Å². The van der Waals surface area contributed by atoms with Gasteiger partial charge in [-0.1, -0.05) is 6.92 Å². The van der Waals surface area contributed by atoms with Crippen molar-refractivity contribution in [2.24, 2.45) is 0 Å². The molecule has 2 rings (SSSR count). The van der Waals surface area contributed by atoms with Crippen LogP contribution in [0, 0.1) is 0 Å². The highest BCUT2D eigenvalue weighted by Crippen LogP contribution is 2.27. The number of hydrogen-bond acceptors (Lipinski definition) is 4. The van der Waals surface area contributed by atoms with Gasteiger partial charge in [-0.3, -0.25) is 0 Å². The Morgan fingerprint density at radius 2 is 2.21 bits per heavy atom. The standard InChI is InChI=1S/C10H15N3S/c1-8-10(3-2-4-14-8)13-9-5-11-7-12-6-9/h5-8,10,13H,2-4H2,1H3. The van der Waals surface area contributed by atoms with E-state index in [0.717, 1.165) is 5.69 Å². The Kier molecular flexibility index (Phi) is 3.24. The van der Waals surface area contributed by atoms with Crippen LogP contribution in [-0.2, 0) is 0 Å². The fourth-order valence-corrected chi connectivity index (χ4v) is 2.84. The van der Waals surface area contributed by atoms with Crippen molar-refractivity contribution in [1.29, 1.82) is 0 Å². The number of thioether (sulfide) groups is 1. The summed E-state index contributed by atoms with van der Waals surface area (Å²) in [6, 6.07) is 0.569. The van der Waals surface area contributed by atoms with Crippen molar-refractivity contribution in [2.45, 2.75) is 31.1 Å². The van der Waals surface area contributed by atoms with E-state index in [2.05, 4.69) is 22.2 Å². The first kappa shape index (κ1) is 9.77. The summed E-state index contributed by atoms with van der Waals surface area (Å²) in [4.78, 5) is 7.99. The van der Waals surface area contributed by atoms with E-state index in [1.54, 1.807) is 6.33 Å². The summed E-state index contributed by atoms with van der Waals surface area (Å²) in [5.74, 6) is 1.30. The minimum absolute atomic E-state index is 0.569. The summed E-state index contributed by atoms with van der Waals surface area (Å²) in [7, 11) is 0. The van der Waals surface area contributed by atoms with Gasteiger partial charge in [-0.05, 0) is 18.6 Å². The third kappa shape index (κ3) is 2.38. The first-order valence-corrected chi connectivity index (χ1v) is 6.04. The van der Waals surface area contributed by atoms with Gasteiger partial charge < -0.3 is 5.32 Å². The van der Waals surface area contributed by atoms with Crippen LogP contribution in [0.2, 0.25) is 0 Å². The lowest BCUT2D eigenvalue weighted by molar-refractivity contribution is 0.617. The number of rotatable bonds is 2. The molecular formula is C10H15N3S. The third-order valence-corrected chi connectivity index (χ3v) is 3.90. The lowest BCUT2D eigenvalue weighted by Gasteiger charge is -2.29. The van der Waals surface area contributed by atoms with Gasteiger partial charge in [0.05, 0.1) is 18.1 Å². The third-order valence-electron chi connectivity index (χ3n) is 2.52. The molecule has 0 aliphatic carbocycles. The van der Waals surface area contributed by atoms with Gasteiger partial charge in [-0.2, -0.15) is 11.8 Å². The molecule has 1 fully saturated rings. The lowest BCUT2D eigenvalue weighted by Crippen LogP contribution is -2.32. The molecule has 3 nitrogen and oxygen atoms in total. The minimum atomic E-state index is 0.569. The first-order chi connectivity index (χ1) is 6.86. The molecule has 0 saturated carbocycles. The van der Waals surface area contributed by atoms with Gasteiger partial charge in [0.1, 0.15) is 6.33 Å². The molecule has 4 heteroatoms. The Morgan fingerprint density at radius 3 is 2.93 bits per heavy atom. The average molecular weight is 209 g/mol. The van der Waals surface area contributed by atoms with E-state index in [0.29, 0.717) is 11.3 Å².